The Bertz CT molecular complexity index is 564. The lowest BCUT2D eigenvalue weighted by Crippen LogP contribution is -2.23. The second-order valence-electron chi connectivity index (χ2n) is 3.58. The summed E-state index contributed by atoms with van der Waals surface area (Å²) in [6.07, 6.45) is 0. The average Bonchev–Trinajstić information content (AvgIpc) is 2.33. The molecule has 0 aliphatic heterocycles. The summed E-state index contributed by atoms with van der Waals surface area (Å²) in [6.45, 7) is 0.413. The Morgan fingerprint density at radius 1 is 1.35 bits per heavy atom. The number of nitrogens with zero attached hydrogens (tertiary/aromatic N) is 2. The lowest BCUT2D eigenvalue weighted by Gasteiger charge is -2.10. The summed E-state index contributed by atoms with van der Waals surface area (Å²) in [5.74, 6) is 0.163. The van der Waals surface area contributed by atoms with E-state index in [1.807, 2.05) is 30.3 Å². The highest BCUT2D eigenvalue weighted by Crippen LogP contribution is 2.09. The number of hydrogen-bond donors (Lipinski definition) is 1. The zero-order valence-electron chi connectivity index (χ0n) is 9.46. The van der Waals surface area contributed by atoms with Gasteiger partial charge in [-0.05, 0) is 5.56 Å². The minimum atomic E-state index is -0.224. The number of ether oxygens (including phenoxy) is 1. The number of nitrogen functional groups attached to an aromatic ring is 1. The summed E-state index contributed by atoms with van der Waals surface area (Å²) < 4.78 is 6.49. The average molecular weight is 231 g/mol. The SMILES string of the molecule is COc1nc(N)cc(=O)n1Cc1ccccc1. The number of nitrogens with two attached hydrogens (primary N) is 1. The van der Waals surface area contributed by atoms with Crippen molar-refractivity contribution < 1.29 is 4.74 Å². The van der Waals surface area contributed by atoms with Gasteiger partial charge in [0.05, 0.1) is 13.7 Å². The van der Waals surface area contributed by atoms with Crippen molar-refractivity contribution in [1.29, 1.82) is 0 Å². The van der Waals surface area contributed by atoms with E-state index < -0.39 is 0 Å². The normalized spacial score (nSPS) is 10.2. The first-order chi connectivity index (χ1) is 8.20. The molecule has 5 nitrogen and oxygen atoms in total. The van der Waals surface area contributed by atoms with E-state index >= 15 is 0 Å². The van der Waals surface area contributed by atoms with Gasteiger partial charge in [0.1, 0.15) is 5.82 Å². The Morgan fingerprint density at radius 3 is 2.71 bits per heavy atom. The molecule has 0 saturated heterocycles. The van der Waals surface area contributed by atoms with Gasteiger partial charge in [0.2, 0.25) is 0 Å². The van der Waals surface area contributed by atoms with Gasteiger partial charge < -0.3 is 10.5 Å². The van der Waals surface area contributed by atoms with Crippen LogP contribution in [0.4, 0.5) is 5.82 Å². The molecule has 0 bridgehead atoms. The van der Waals surface area contributed by atoms with Gasteiger partial charge >= 0.3 is 6.01 Å². The van der Waals surface area contributed by atoms with Gasteiger partial charge in [-0.2, -0.15) is 4.98 Å². The Morgan fingerprint density at radius 2 is 2.06 bits per heavy atom. The van der Waals surface area contributed by atoms with Crippen molar-refractivity contribution in [3.05, 3.63) is 52.3 Å². The Kier molecular flexibility index (Phi) is 3.09. The number of hydrogen-bond acceptors (Lipinski definition) is 4. The van der Waals surface area contributed by atoms with E-state index in [9.17, 15) is 4.79 Å². The number of anilines is 1. The maximum absolute atomic E-state index is 11.8. The van der Waals surface area contributed by atoms with E-state index in [-0.39, 0.29) is 17.4 Å². The van der Waals surface area contributed by atoms with E-state index in [1.54, 1.807) is 0 Å². The number of aromatic nitrogens is 2. The zero-order valence-corrected chi connectivity index (χ0v) is 9.46. The molecule has 17 heavy (non-hydrogen) atoms. The van der Waals surface area contributed by atoms with E-state index in [4.69, 9.17) is 10.5 Å². The molecule has 1 aromatic heterocycles. The standard InChI is InChI=1S/C12H13N3O2/c1-17-12-14-10(13)7-11(16)15(12)8-9-5-3-2-4-6-9/h2-7H,8,13H2,1H3. The van der Waals surface area contributed by atoms with Crippen molar-refractivity contribution in [2.75, 3.05) is 12.8 Å². The fourth-order valence-electron chi connectivity index (χ4n) is 1.57. The molecule has 0 aliphatic rings. The third-order valence-electron chi connectivity index (χ3n) is 2.36. The fourth-order valence-corrected chi connectivity index (χ4v) is 1.57. The van der Waals surface area contributed by atoms with Crippen molar-refractivity contribution in [2.24, 2.45) is 0 Å². The monoisotopic (exact) mass is 231 g/mol. The first-order valence-corrected chi connectivity index (χ1v) is 5.16. The molecule has 1 heterocycles. The lowest BCUT2D eigenvalue weighted by molar-refractivity contribution is 0.352. The molecular formula is C12H13N3O2. The van der Waals surface area contributed by atoms with Crippen LogP contribution in [0.3, 0.4) is 0 Å². The Labute approximate surface area is 98.5 Å². The molecule has 2 rings (SSSR count). The molecule has 0 saturated carbocycles. The summed E-state index contributed by atoms with van der Waals surface area (Å²) in [6, 6.07) is 11.1. The van der Waals surface area contributed by atoms with Crippen LogP contribution < -0.4 is 16.0 Å². The maximum Gasteiger partial charge on any atom is 0.301 e. The highest BCUT2D eigenvalue weighted by Gasteiger charge is 2.07. The minimum absolute atomic E-state index is 0.163. The van der Waals surface area contributed by atoms with Crippen LogP contribution >= 0.6 is 0 Å². The van der Waals surface area contributed by atoms with Gasteiger partial charge in [-0.3, -0.25) is 9.36 Å². The first-order valence-electron chi connectivity index (χ1n) is 5.16. The van der Waals surface area contributed by atoms with Gasteiger partial charge in [0, 0.05) is 6.07 Å². The molecule has 0 atom stereocenters. The predicted octanol–water partition coefficient (Wildman–Crippen LogP) is 0.882. The fraction of sp³-hybridized carbons (Fsp3) is 0.167. The van der Waals surface area contributed by atoms with Crippen LogP contribution in [0, 0.1) is 0 Å². The van der Waals surface area contributed by atoms with Crippen LogP contribution in [0.25, 0.3) is 0 Å². The molecule has 88 valence electrons. The molecule has 0 amide bonds. The summed E-state index contributed by atoms with van der Waals surface area (Å²) in [5.41, 5.74) is 6.27. The number of methoxy groups -OCH3 is 1. The Hall–Kier alpha value is -2.30. The summed E-state index contributed by atoms with van der Waals surface area (Å²) in [5, 5.41) is 0. The summed E-state index contributed by atoms with van der Waals surface area (Å²) in [4.78, 5) is 15.8. The van der Waals surface area contributed by atoms with Crippen LogP contribution in [-0.2, 0) is 6.54 Å². The molecule has 2 aromatic rings. The maximum atomic E-state index is 11.8. The highest BCUT2D eigenvalue weighted by molar-refractivity contribution is 5.28. The highest BCUT2D eigenvalue weighted by atomic mass is 16.5. The molecule has 0 radical (unpaired) electrons. The van der Waals surface area contributed by atoms with Crippen molar-refractivity contribution >= 4 is 5.82 Å². The molecule has 2 N–H and O–H groups in total. The molecule has 5 heteroatoms. The van der Waals surface area contributed by atoms with E-state index in [1.165, 1.54) is 17.7 Å². The van der Waals surface area contributed by atoms with Crippen molar-refractivity contribution in [1.82, 2.24) is 9.55 Å². The molecule has 1 aromatic carbocycles. The zero-order chi connectivity index (χ0) is 12.3. The van der Waals surface area contributed by atoms with Crippen LogP contribution in [0.1, 0.15) is 5.56 Å². The molecule has 0 fully saturated rings. The van der Waals surface area contributed by atoms with Gasteiger partial charge in [-0.15, -0.1) is 0 Å². The Balaban J connectivity index is 2.42. The quantitative estimate of drug-likeness (QED) is 0.851. The van der Waals surface area contributed by atoms with Crippen LogP contribution in [-0.4, -0.2) is 16.7 Å². The number of rotatable bonds is 3. The topological polar surface area (TPSA) is 70.1 Å². The van der Waals surface area contributed by atoms with Crippen molar-refractivity contribution in [3.63, 3.8) is 0 Å². The van der Waals surface area contributed by atoms with E-state index in [0.29, 0.717) is 6.54 Å². The predicted molar refractivity (Wildman–Crippen MR) is 65.0 cm³/mol. The van der Waals surface area contributed by atoms with Gasteiger partial charge in [0.25, 0.3) is 5.56 Å². The lowest BCUT2D eigenvalue weighted by atomic mass is 10.2. The van der Waals surface area contributed by atoms with Gasteiger partial charge in [-0.25, -0.2) is 0 Å². The summed E-state index contributed by atoms with van der Waals surface area (Å²) in [7, 11) is 1.46. The molecule has 0 unspecified atom stereocenters. The second kappa shape index (κ2) is 4.69. The van der Waals surface area contributed by atoms with Crippen molar-refractivity contribution in [2.45, 2.75) is 6.54 Å². The summed E-state index contributed by atoms with van der Waals surface area (Å²) >= 11 is 0. The number of benzene rings is 1. The minimum Gasteiger partial charge on any atom is -0.468 e. The van der Waals surface area contributed by atoms with Crippen LogP contribution in [0.2, 0.25) is 0 Å². The third-order valence-corrected chi connectivity index (χ3v) is 2.36. The molecule has 0 spiro atoms. The van der Waals surface area contributed by atoms with E-state index in [0.717, 1.165) is 5.56 Å². The van der Waals surface area contributed by atoms with Crippen LogP contribution in [0.15, 0.2) is 41.2 Å². The van der Waals surface area contributed by atoms with Gasteiger partial charge in [-0.1, -0.05) is 30.3 Å². The molecular weight excluding hydrogens is 218 g/mol. The third kappa shape index (κ3) is 2.44. The van der Waals surface area contributed by atoms with E-state index in [2.05, 4.69) is 4.98 Å². The largest absolute Gasteiger partial charge is 0.468 e. The van der Waals surface area contributed by atoms with Crippen molar-refractivity contribution in [3.8, 4) is 6.01 Å². The van der Waals surface area contributed by atoms with Gasteiger partial charge in [0.15, 0.2) is 0 Å². The smallest absolute Gasteiger partial charge is 0.301 e. The second-order valence-corrected chi connectivity index (χ2v) is 3.58. The molecule has 0 aliphatic carbocycles. The first kappa shape index (κ1) is 11.2. The van der Waals surface area contributed by atoms with Crippen LogP contribution in [0.5, 0.6) is 6.01 Å².